The van der Waals surface area contributed by atoms with E-state index in [0.29, 0.717) is 35.7 Å². The normalized spacial score (nSPS) is 23.0. The fourth-order valence-electron chi connectivity index (χ4n) is 8.80. The van der Waals surface area contributed by atoms with Gasteiger partial charge in [0, 0.05) is 37.0 Å². The summed E-state index contributed by atoms with van der Waals surface area (Å²) in [5, 5.41) is 0. The Balaban J connectivity index is 1.16. The molecule has 4 aliphatic rings. The van der Waals surface area contributed by atoms with E-state index in [9.17, 15) is 16.8 Å². The maximum Gasteiger partial charge on any atom is 0.243 e. The van der Waals surface area contributed by atoms with E-state index in [4.69, 9.17) is 0 Å². The van der Waals surface area contributed by atoms with Crippen LogP contribution >= 0.6 is 0 Å². The first kappa shape index (κ1) is 30.0. The molecule has 5 aromatic rings. The van der Waals surface area contributed by atoms with Crippen LogP contribution < -0.4 is 0 Å². The number of fused-ring (bicyclic) bond motifs is 10. The summed E-state index contributed by atoms with van der Waals surface area (Å²) >= 11 is 0. The van der Waals surface area contributed by atoms with Crippen LogP contribution in [0, 0.1) is 13.8 Å². The Morgan fingerprint density at radius 3 is 1.29 bits per heavy atom. The monoisotopic (exact) mass is 672 g/mol. The lowest BCUT2D eigenvalue weighted by atomic mass is 9.81. The molecular formula is C40H36N2O4S2. The summed E-state index contributed by atoms with van der Waals surface area (Å²) in [6, 6.07) is 34.9. The quantitative estimate of drug-likeness (QED) is 0.210. The molecular weight excluding hydrogens is 637 g/mol. The zero-order valence-electron chi connectivity index (χ0n) is 26.9. The van der Waals surface area contributed by atoms with Crippen LogP contribution in [0.5, 0.6) is 0 Å². The summed E-state index contributed by atoms with van der Waals surface area (Å²) in [6.45, 7) is 4.60. The van der Waals surface area contributed by atoms with Crippen LogP contribution in [0.15, 0.2) is 119 Å². The highest BCUT2D eigenvalue weighted by atomic mass is 32.2. The van der Waals surface area contributed by atoms with Crippen molar-refractivity contribution in [2.45, 2.75) is 73.5 Å². The summed E-state index contributed by atoms with van der Waals surface area (Å²) in [5.41, 5.74) is 11.1. The van der Waals surface area contributed by atoms with E-state index in [1.807, 2.05) is 62.4 Å². The molecule has 4 atom stereocenters. The van der Waals surface area contributed by atoms with E-state index < -0.39 is 20.0 Å². The molecule has 9 rings (SSSR count). The lowest BCUT2D eigenvalue weighted by Crippen LogP contribution is -2.46. The molecule has 6 nitrogen and oxygen atoms in total. The summed E-state index contributed by atoms with van der Waals surface area (Å²) in [5.74, 6) is -0.221. The van der Waals surface area contributed by atoms with Crippen molar-refractivity contribution in [2.75, 3.05) is 0 Å². The van der Waals surface area contributed by atoms with Gasteiger partial charge in [-0.3, -0.25) is 0 Å². The molecule has 0 amide bonds. The third-order valence-electron chi connectivity index (χ3n) is 11.1. The third kappa shape index (κ3) is 4.43. The van der Waals surface area contributed by atoms with E-state index in [2.05, 4.69) is 36.4 Å². The number of hydrogen-bond acceptors (Lipinski definition) is 4. The van der Waals surface area contributed by atoms with Crippen LogP contribution in [0.4, 0.5) is 0 Å². The summed E-state index contributed by atoms with van der Waals surface area (Å²) in [6.07, 6.45) is 1.23. The van der Waals surface area contributed by atoms with Crippen molar-refractivity contribution in [3.05, 3.63) is 165 Å². The van der Waals surface area contributed by atoms with Gasteiger partial charge in [-0.2, -0.15) is 8.61 Å². The molecule has 48 heavy (non-hydrogen) atoms. The predicted octanol–water partition coefficient (Wildman–Crippen LogP) is 6.83. The molecule has 2 aliphatic carbocycles. The summed E-state index contributed by atoms with van der Waals surface area (Å²) in [7, 11) is -7.51. The van der Waals surface area contributed by atoms with Crippen LogP contribution in [0.3, 0.4) is 0 Å². The van der Waals surface area contributed by atoms with Gasteiger partial charge in [0.25, 0.3) is 0 Å². The van der Waals surface area contributed by atoms with Crippen LogP contribution in [0.25, 0.3) is 0 Å². The number of nitrogens with zero attached hydrogens (tertiary/aromatic N) is 2. The van der Waals surface area contributed by atoms with E-state index in [1.54, 1.807) is 32.9 Å². The molecule has 0 unspecified atom stereocenters. The van der Waals surface area contributed by atoms with Crippen LogP contribution in [-0.4, -0.2) is 37.5 Å². The van der Waals surface area contributed by atoms with Crippen molar-refractivity contribution >= 4 is 20.0 Å². The fraction of sp³-hybridized carbons (Fsp3) is 0.250. The topological polar surface area (TPSA) is 74.8 Å². The minimum absolute atomic E-state index is 0.110. The average molecular weight is 673 g/mol. The molecule has 0 aromatic heterocycles. The van der Waals surface area contributed by atoms with Crippen LogP contribution in [0.2, 0.25) is 0 Å². The molecule has 0 N–H and O–H groups in total. The largest absolute Gasteiger partial charge is 0.243 e. The second-order valence-corrected chi connectivity index (χ2v) is 17.7. The van der Waals surface area contributed by atoms with Gasteiger partial charge in [0.1, 0.15) is 0 Å². The first-order valence-electron chi connectivity index (χ1n) is 16.6. The van der Waals surface area contributed by atoms with Crippen molar-refractivity contribution in [3.63, 3.8) is 0 Å². The SMILES string of the molecule is Cc1ccc(S(=O)(=O)N2Cc3ccccc3[C@H]3c4cc5c(cc4C[C@H]32)C[C@@H]2[C@H]5c3ccccc3CN2S(=O)(=O)c2ccc(C)cc2)cc1. The van der Waals surface area contributed by atoms with Crippen molar-refractivity contribution in [3.8, 4) is 0 Å². The van der Waals surface area contributed by atoms with E-state index in [1.165, 1.54) is 11.1 Å². The lowest BCUT2D eigenvalue weighted by molar-refractivity contribution is 0.279. The van der Waals surface area contributed by atoms with Gasteiger partial charge in [-0.25, -0.2) is 16.8 Å². The van der Waals surface area contributed by atoms with Crippen molar-refractivity contribution in [2.24, 2.45) is 0 Å². The van der Waals surface area contributed by atoms with Gasteiger partial charge in [-0.15, -0.1) is 0 Å². The summed E-state index contributed by atoms with van der Waals surface area (Å²) in [4.78, 5) is 0.641. The van der Waals surface area contributed by atoms with Crippen LogP contribution in [-0.2, 0) is 46.0 Å². The summed E-state index contributed by atoms with van der Waals surface area (Å²) < 4.78 is 60.5. The Kier molecular flexibility index (Phi) is 6.70. The van der Waals surface area contributed by atoms with E-state index >= 15 is 0 Å². The lowest BCUT2D eigenvalue weighted by Gasteiger charge is -2.39. The molecule has 0 radical (unpaired) electrons. The van der Waals surface area contributed by atoms with Gasteiger partial charge in [0.15, 0.2) is 0 Å². The van der Waals surface area contributed by atoms with Gasteiger partial charge in [-0.05, 0) is 95.5 Å². The molecule has 0 saturated heterocycles. The number of sulfonamides is 2. The van der Waals surface area contributed by atoms with Gasteiger partial charge < -0.3 is 0 Å². The van der Waals surface area contributed by atoms with E-state index in [-0.39, 0.29) is 23.9 Å². The molecule has 0 saturated carbocycles. The first-order chi connectivity index (χ1) is 23.1. The molecule has 242 valence electrons. The smallest absolute Gasteiger partial charge is 0.207 e. The minimum atomic E-state index is -3.76. The first-order valence-corrected chi connectivity index (χ1v) is 19.5. The van der Waals surface area contributed by atoms with Crippen LogP contribution in [0.1, 0.15) is 67.5 Å². The highest BCUT2D eigenvalue weighted by Crippen LogP contribution is 2.53. The molecule has 0 bridgehead atoms. The van der Waals surface area contributed by atoms with Gasteiger partial charge in [-0.1, -0.05) is 96.1 Å². The second kappa shape index (κ2) is 10.7. The van der Waals surface area contributed by atoms with Gasteiger partial charge >= 0.3 is 0 Å². The molecule has 2 heterocycles. The fourth-order valence-corrected chi connectivity index (χ4v) is 12.0. The van der Waals surface area contributed by atoms with Gasteiger partial charge in [0.2, 0.25) is 20.0 Å². The van der Waals surface area contributed by atoms with Crippen molar-refractivity contribution in [1.29, 1.82) is 0 Å². The number of aryl methyl sites for hydroxylation is 2. The Bertz CT molecular complexity index is 2170. The van der Waals surface area contributed by atoms with Gasteiger partial charge in [0.05, 0.1) is 9.79 Å². The Morgan fingerprint density at radius 2 is 0.875 bits per heavy atom. The predicted molar refractivity (Wildman–Crippen MR) is 186 cm³/mol. The average Bonchev–Trinajstić information content (AvgIpc) is 3.65. The Hall–Kier alpha value is -4.08. The second-order valence-electron chi connectivity index (χ2n) is 13.9. The highest BCUT2D eigenvalue weighted by molar-refractivity contribution is 7.89. The highest BCUT2D eigenvalue weighted by Gasteiger charge is 2.50. The third-order valence-corrected chi connectivity index (χ3v) is 14.9. The molecule has 2 aliphatic heterocycles. The minimum Gasteiger partial charge on any atom is -0.207 e. The zero-order chi connectivity index (χ0) is 32.9. The van der Waals surface area contributed by atoms with E-state index in [0.717, 1.165) is 44.5 Å². The number of benzene rings is 5. The molecule has 0 fully saturated rings. The molecule has 8 heteroatoms. The maximum atomic E-state index is 14.3. The maximum absolute atomic E-state index is 14.3. The number of rotatable bonds is 4. The molecule has 0 spiro atoms. The molecule has 5 aromatic carbocycles. The Labute approximate surface area is 282 Å². The standard InChI is InChI=1S/C40H36N2O4S2/c1-25-11-15-31(16-12-25)47(43,44)41-23-27-7-3-5-9-33(27)39-35-22-36-30(19-29(35)20-37(39)41)21-38-40(36)34-10-6-4-8-28(34)24-42(38)48(45,46)32-17-13-26(2)14-18-32/h3-19,22,37-40H,20-21,23-24H2,1-2H3/t37-,38-,39+,40+/m1/s1. The van der Waals surface area contributed by atoms with Crippen molar-refractivity contribution < 1.29 is 16.8 Å². The van der Waals surface area contributed by atoms with Crippen molar-refractivity contribution in [1.82, 2.24) is 8.61 Å². The Morgan fingerprint density at radius 1 is 0.479 bits per heavy atom. The number of hydrogen-bond donors (Lipinski definition) is 0. The zero-order valence-corrected chi connectivity index (χ0v) is 28.5.